The van der Waals surface area contributed by atoms with Crippen LogP contribution in [0, 0.1) is 13.8 Å². The molecule has 0 unspecified atom stereocenters. The van der Waals surface area contributed by atoms with E-state index in [2.05, 4.69) is 32.0 Å². The zero-order valence-electron chi connectivity index (χ0n) is 12.6. The lowest BCUT2D eigenvalue weighted by molar-refractivity contribution is 0.937. The summed E-state index contributed by atoms with van der Waals surface area (Å²) in [6.45, 7) is 4.18. The number of imidazole rings is 1. The number of aromatic nitrogens is 2. The van der Waals surface area contributed by atoms with Gasteiger partial charge in [-0.1, -0.05) is 47.5 Å². The molecule has 2 N–H and O–H groups in total. The molecule has 1 aromatic heterocycles. The molecule has 0 aliphatic heterocycles. The second-order valence-electron chi connectivity index (χ2n) is 5.47. The van der Waals surface area contributed by atoms with E-state index in [1.54, 1.807) is 0 Å². The molecule has 21 heavy (non-hydrogen) atoms. The Kier molecular flexibility index (Phi) is 3.26. The largest absolute Gasteiger partial charge is 0.383 e. The van der Waals surface area contributed by atoms with Gasteiger partial charge in [0.2, 0.25) is 0 Å². The van der Waals surface area contributed by atoms with Crippen LogP contribution in [0.25, 0.3) is 22.6 Å². The summed E-state index contributed by atoms with van der Waals surface area (Å²) in [4.78, 5) is 4.77. The fourth-order valence-corrected chi connectivity index (χ4v) is 2.68. The maximum Gasteiger partial charge on any atom is 0.142 e. The first-order chi connectivity index (χ1) is 10.1. The van der Waals surface area contributed by atoms with Crippen molar-refractivity contribution in [3.8, 4) is 22.6 Å². The van der Waals surface area contributed by atoms with Crippen LogP contribution in [-0.4, -0.2) is 9.55 Å². The molecule has 3 heteroatoms. The van der Waals surface area contributed by atoms with Crippen LogP contribution in [0.15, 0.2) is 48.5 Å². The Hall–Kier alpha value is -2.55. The van der Waals surface area contributed by atoms with Crippen LogP contribution < -0.4 is 5.73 Å². The number of rotatable bonds is 2. The highest BCUT2D eigenvalue weighted by molar-refractivity contribution is 5.76. The molecule has 0 fully saturated rings. The average Bonchev–Trinajstić information content (AvgIpc) is 2.75. The maximum atomic E-state index is 6.27. The van der Waals surface area contributed by atoms with Crippen molar-refractivity contribution in [1.29, 1.82) is 0 Å². The maximum absolute atomic E-state index is 6.27. The number of anilines is 1. The van der Waals surface area contributed by atoms with Gasteiger partial charge in [0.15, 0.2) is 0 Å². The quantitative estimate of drug-likeness (QED) is 0.770. The number of nitrogens with zero attached hydrogens (tertiary/aromatic N) is 2. The van der Waals surface area contributed by atoms with Gasteiger partial charge < -0.3 is 10.3 Å². The van der Waals surface area contributed by atoms with Gasteiger partial charge in [-0.25, -0.2) is 4.98 Å². The highest BCUT2D eigenvalue weighted by Gasteiger charge is 2.15. The third-order valence-electron chi connectivity index (χ3n) is 3.67. The third-order valence-corrected chi connectivity index (χ3v) is 3.67. The first-order valence-corrected chi connectivity index (χ1v) is 7.02. The summed E-state index contributed by atoms with van der Waals surface area (Å²) in [5.41, 5.74) is 11.7. The first-order valence-electron chi connectivity index (χ1n) is 7.02. The summed E-state index contributed by atoms with van der Waals surface area (Å²) in [7, 11) is 1.96. The number of benzene rings is 2. The molecule has 0 spiro atoms. The van der Waals surface area contributed by atoms with E-state index in [0.717, 1.165) is 22.6 Å². The molecule has 0 radical (unpaired) electrons. The minimum atomic E-state index is 0.693. The van der Waals surface area contributed by atoms with Crippen LogP contribution in [0.2, 0.25) is 0 Å². The first kappa shape index (κ1) is 13.4. The van der Waals surface area contributed by atoms with E-state index in [9.17, 15) is 0 Å². The van der Waals surface area contributed by atoms with E-state index < -0.39 is 0 Å². The normalized spacial score (nSPS) is 10.8. The van der Waals surface area contributed by atoms with Crippen molar-refractivity contribution in [3.05, 3.63) is 59.7 Å². The highest BCUT2D eigenvalue weighted by Crippen LogP contribution is 2.31. The van der Waals surface area contributed by atoms with Gasteiger partial charge in [-0.05, 0) is 26.0 Å². The second kappa shape index (κ2) is 5.09. The lowest BCUT2D eigenvalue weighted by atomic mass is 10.1. The van der Waals surface area contributed by atoms with Crippen molar-refractivity contribution in [3.63, 3.8) is 0 Å². The Labute approximate surface area is 125 Å². The van der Waals surface area contributed by atoms with Crippen LogP contribution in [0.4, 0.5) is 5.82 Å². The molecule has 0 bridgehead atoms. The van der Waals surface area contributed by atoms with E-state index in [1.807, 2.05) is 41.9 Å². The van der Waals surface area contributed by atoms with Gasteiger partial charge in [-0.2, -0.15) is 0 Å². The van der Waals surface area contributed by atoms with Crippen LogP contribution >= 0.6 is 0 Å². The van der Waals surface area contributed by atoms with Gasteiger partial charge in [0.1, 0.15) is 17.3 Å². The summed E-state index contributed by atoms with van der Waals surface area (Å²) in [6, 6.07) is 16.5. The zero-order valence-corrected chi connectivity index (χ0v) is 12.6. The van der Waals surface area contributed by atoms with Crippen LogP contribution in [0.3, 0.4) is 0 Å². The van der Waals surface area contributed by atoms with Crippen molar-refractivity contribution < 1.29 is 0 Å². The summed E-state index contributed by atoms with van der Waals surface area (Å²) in [6.07, 6.45) is 0. The molecule has 0 saturated carbocycles. The topological polar surface area (TPSA) is 43.8 Å². The number of nitrogens with two attached hydrogens (primary N) is 1. The van der Waals surface area contributed by atoms with E-state index in [0.29, 0.717) is 5.82 Å². The zero-order chi connectivity index (χ0) is 15.0. The summed E-state index contributed by atoms with van der Waals surface area (Å²) in [5.74, 6) is 1.58. The van der Waals surface area contributed by atoms with Crippen LogP contribution in [0.1, 0.15) is 11.1 Å². The molecule has 0 atom stereocenters. The monoisotopic (exact) mass is 277 g/mol. The molecule has 2 aromatic carbocycles. The fraction of sp³-hybridized carbons (Fsp3) is 0.167. The smallest absolute Gasteiger partial charge is 0.142 e. The van der Waals surface area contributed by atoms with Crippen molar-refractivity contribution in [1.82, 2.24) is 9.55 Å². The lowest BCUT2D eigenvalue weighted by Crippen LogP contribution is -1.98. The number of nitrogen functional groups attached to an aromatic ring is 1. The molecule has 106 valence electrons. The summed E-state index contributed by atoms with van der Waals surface area (Å²) in [5, 5.41) is 0. The van der Waals surface area contributed by atoms with Gasteiger partial charge in [-0.15, -0.1) is 0 Å². The Morgan fingerprint density at radius 1 is 0.905 bits per heavy atom. The minimum absolute atomic E-state index is 0.693. The van der Waals surface area contributed by atoms with Crippen molar-refractivity contribution in [2.45, 2.75) is 13.8 Å². The van der Waals surface area contributed by atoms with Gasteiger partial charge in [0.05, 0.1) is 0 Å². The Balaban J connectivity index is 2.17. The van der Waals surface area contributed by atoms with E-state index in [1.165, 1.54) is 11.1 Å². The summed E-state index contributed by atoms with van der Waals surface area (Å²) < 4.78 is 1.95. The molecular formula is C18H19N3. The summed E-state index contributed by atoms with van der Waals surface area (Å²) >= 11 is 0. The van der Waals surface area contributed by atoms with Gasteiger partial charge in [0, 0.05) is 18.2 Å². The van der Waals surface area contributed by atoms with Crippen molar-refractivity contribution >= 4 is 5.82 Å². The third kappa shape index (κ3) is 2.42. The molecule has 0 aliphatic carbocycles. The lowest BCUT2D eigenvalue weighted by Gasteiger charge is -2.04. The molecule has 3 nitrogen and oxygen atoms in total. The standard InChI is InChI=1S/C18H19N3/c1-12-9-13(2)11-15(10-12)16-17(19)21(3)18(20-16)14-7-5-4-6-8-14/h4-11H,19H2,1-3H3. The van der Waals surface area contributed by atoms with E-state index in [-0.39, 0.29) is 0 Å². The second-order valence-corrected chi connectivity index (χ2v) is 5.47. The molecule has 0 saturated heterocycles. The molecule has 3 aromatic rings. The molecule has 0 amide bonds. The fourth-order valence-electron chi connectivity index (χ4n) is 2.68. The van der Waals surface area contributed by atoms with Gasteiger partial charge >= 0.3 is 0 Å². The predicted octanol–water partition coefficient (Wildman–Crippen LogP) is 3.95. The van der Waals surface area contributed by atoms with Gasteiger partial charge in [-0.3, -0.25) is 0 Å². The predicted molar refractivity (Wildman–Crippen MR) is 88.0 cm³/mol. The number of hydrogen-bond donors (Lipinski definition) is 1. The Morgan fingerprint density at radius 2 is 1.52 bits per heavy atom. The van der Waals surface area contributed by atoms with Crippen molar-refractivity contribution in [2.75, 3.05) is 5.73 Å². The van der Waals surface area contributed by atoms with E-state index >= 15 is 0 Å². The van der Waals surface area contributed by atoms with Gasteiger partial charge in [0.25, 0.3) is 0 Å². The molecular weight excluding hydrogens is 258 g/mol. The Bertz CT molecular complexity index is 765. The Morgan fingerprint density at radius 3 is 2.14 bits per heavy atom. The molecule has 0 aliphatic rings. The molecule has 3 rings (SSSR count). The number of hydrogen-bond acceptors (Lipinski definition) is 2. The van der Waals surface area contributed by atoms with Crippen LogP contribution in [0.5, 0.6) is 0 Å². The number of aryl methyl sites for hydroxylation is 2. The van der Waals surface area contributed by atoms with Crippen LogP contribution in [-0.2, 0) is 7.05 Å². The van der Waals surface area contributed by atoms with E-state index in [4.69, 9.17) is 10.7 Å². The average molecular weight is 277 g/mol. The highest BCUT2D eigenvalue weighted by atomic mass is 15.1. The molecule has 1 heterocycles. The van der Waals surface area contributed by atoms with Crippen molar-refractivity contribution in [2.24, 2.45) is 7.05 Å². The SMILES string of the molecule is Cc1cc(C)cc(-c2nc(-c3ccccc3)n(C)c2N)c1. The minimum Gasteiger partial charge on any atom is -0.383 e.